The van der Waals surface area contributed by atoms with Gasteiger partial charge in [0, 0.05) is 25.5 Å². The van der Waals surface area contributed by atoms with E-state index in [1.165, 1.54) is 0 Å². The van der Waals surface area contributed by atoms with Gasteiger partial charge in [-0.25, -0.2) is 13.4 Å². The lowest BCUT2D eigenvalue weighted by atomic mass is 9.99. The topological polar surface area (TPSA) is 82.5 Å². The lowest BCUT2D eigenvalue weighted by Gasteiger charge is -2.21. The second kappa shape index (κ2) is 9.53. The van der Waals surface area contributed by atoms with Crippen LogP contribution in [-0.2, 0) is 17.1 Å². The normalized spacial score (nSPS) is 13.6. The summed E-state index contributed by atoms with van der Waals surface area (Å²) in [7, 11) is 1.10. The van der Waals surface area contributed by atoms with Crippen LogP contribution in [0.5, 0.6) is 11.5 Å². The van der Waals surface area contributed by atoms with Crippen LogP contribution in [0.2, 0.25) is 0 Å². The van der Waals surface area contributed by atoms with Gasteiger partial charge in [0.25, 0.3) is 0 Å². The Balaban J connectivity index is 2.03. The van der Waals surface area contributed by atoms with Crippen molar-refractivity contribution >= 4 is 10.0 Å². The molecule has 0 fully saturated rings. The third kappa shape index (κ3) is 5.08. The van der Waals surface area contributed by atoms with Crippen molar-refractivity contribution in [1.29, 1.82) is 0 Å². The molecule has 2 atom stereocenters. The summed E-state index contributed by atoms with van der Waals surface area (Å²) in [6, 6.07) is 11.6. The zero-order chi connectivity index (χ0) is 22.6. The zero-order valence-corrected chi connectivity index (χ0v) is 19.3. The van der Waals surface area contributed by atoms with Crippen molar-refractivity contribution < 1.29 is 17.9 Å². The molecule has 0 saturated heterocycles. The molecule has 0 aliphatic carbocycles. The van der Waals surface area contributed by atoms with Crippen molar-refractivity contribution in [2.45, 2.75) is 37.1 Å². The van der Waals surface area contributed by atoms with E-state index < -0.39 is 16.1 Å². The second-order valence-electron chi connectivity index (χ2n) is 7.47. The molecule has 1 aromatic heterocycles. The number of imidazole rings is 1. The van der Waals surface area contributed by atoms with E-state index in [-0.39, 0.29) is 4.90 Å². The van der Waals surface area contributed by atoms with Crippen LogP contribution in [-0.4, -0.2) is 32.2 Å². The molecule has 0 amide bonds. The Bertz CT molecular complexity index is 1100. The molecular weight excluding hydrogens is 414 g/mol. The molecule has 0 aliphatic heterocycles. The van der Waals surface area contributed by atoms with Gasteiger partial charge < -0.3 is 14.0 Å². The molecule has 2 aromatic carbocycles. The van der Waals surface area contributed by atoms with Crippen LogP contribution in [0.3, 0.4) is 0 Å². The maximum Gasteiger partial charge on any atom is 0.241 e. The highest BCUT2D eigenvalue weighted by molar-refractivity contribution is 7.89. The summed E-state index contributed by atoms with van der Waals surface area (Å²) in [4.78, 5) is 4.59. The van der Waals surface area contributed by atoms with Crippen molar-refractivity contribution in [2.24, 2.45) is 7.05 Å². The lowest BCUT2D eigenvalue weighted by Crippen LogP contribution is -2.31. The van der Waals surface area contributed by atoms with Crippen molar-refractivity contribution in [3.63, 3.8) is 0 Å². The first-order chi connectivity index (χ1) is 14.8. The number of hydrogen-bond donors (Lipinski definition) is 1. The predicted molar refractivity (Wildman–Crippen MR) is 120 cm³/mol. The van der Waals surface area contributed by atoms with Gasteiger partial charge in [0.1, 0.15) is 23.4 Å². The minimum absolute atomic E-state index is 0.202. The molecule has 166 valence electrons. The van der Waals surface area contributed by atoms with E-state index in [0.29, 0.717) is 28.8 Å². The molecule has 0 aliphatic rings. The van der Waals surface area contributed by atoms with E-state index in [1.807, 2.05) is 19.2 Å². The van der Waals surface area contributed by atoms with Crippen molar-refractivity contribution in [2.75, 3.05) is 14.2 Å². The summed E-state index contributed by atoms with van der Waals surface area (Å²) in [5.41, 5.74) is 1.77. The number of hydrogen-bond acceptors (Lipinski definition) is 5. The highest BCUT2D eigenvalue weighted by Gasteiger charge is 2.27. The number of methoxy groups -OCH3 is 2. The highest BCUT2D eigenvalue weighted by atomic mass is 32.2. The van der Waals surface area contributed by atoms with Gasteiger partial charge in [-0.1, -0.05) is 26.0 Å². The SMILES string of the molecule is CCC(C)c1ccc(S(=O)(=O)NC(c2cc(OC)cc(OC)c2)c2nccn2C)cc1. The molecule has 1 heterocycles. The van der Waals surface area contributed by atoms with Crippen molar-refractivity contribution in [1.82, 2.24) is 14.3 Å². The van der Waals surface area contributed by atoms with Crippen LogP contribution >= 0.6 is 0 Å². The molecule has 3 rings (SSSR count). The minimum atomic E-state index is -3.82. The molecule has 31 heavy (non-hydrogen) atoms. The Labute approximate surface area is 184 Å². The van der Waals surface area contributed by atoms with E-state index in [0.717, 1.165) is 12.0 Å². The van der Waals surface area contributed by atoms with Crippen molar-refractivity contribution in [3.8, 4) is 11.5 Å². The number of benzene rings is 2. The lowest BCUT2D eigenvalue weighted by molar-refractivity contribution is 0.392. The highest BCUT2D eigenvalue weighted by Crippen LogP contribution is 2.31. The van der Waals surface area contributed by atoms with Gasteiger partial charge in [0.2, 0.25) is 10.0 Å². The fourth-order valence-electron chi connectivity index (χ4n) is 3.36. The summed E-state index contributed by atoms with van der Waals surface area (Å²) >= 11 is 0. The van der Waals surface area contributed by atoms with Crippen LogP contribution in [0, 0.1) is 0 Å². The zero-order valence-electron chi connectivity index (χ0n) is 18.5. The maximum absolute atomic E-state index is 13.3. The van der Waals surface area contributed by atoms with E-state index in [2.05, 4.69) is 23.6 Å². The quantitative estimate of drug-likeness (QED) is 0.540. The standard InChI is InChI=1S/C23H29N3O4S/c1-6-16(2)17-7-9-21(10-8-17)31(27,28)25-22(23-24-11-12-26(23)3)18-13-19(29-4)15-20(14-18)30-5/h7-16,22,25H,6H2,1-5H3. The molecule has 8 heteroatoms. The minimum Gasteiger partial charge on any atom is -0.497 e. The summed E-state index contributed by atoms with van der Waals surface area (Å²) < 4.78 is 41.9. The molecule has 7 nitrogen and oxygen atoms in total. The summed E-state index contributed by atoms with van der Waals surface area (Å²) in [6.07, 6.45) is 4.40. The Morgan fingerprint density at radius 3 is 2.13 bits per heavy atom. The van der Waals surface area contributed by atoms with E-state index >= 15 is 0 Å². The van der Waals surface area contributed by atoms with Gasteiger partial charge in [-0.2, -0.15) is 4.72 Å². The van der Waals surface area contributed by atoms with E-state index in [9.17, 15) is 8.42 Å². The monoisotopic (exact) mass is 443 g/mol. The van der Waals surface area contributed by atoms with Gasteiger partial charge >= 0.3 is 0 Å². The average Bonchev–Trinajstić information content (AvgIpc) is 3.22. The van der Waals surface area contributed by atoms with Crippen LogP contribution in [0.15, 0.2) is 59.8 Å². The van der Waals surface area contributed by atoms with Crippen LogP contribution in [0.25, 0.3) is 0 Å². The summed E-state index contributed by atoms with van der Waals surface area (Å²) in [6.45, 7) is 4.23. The van der Waals surface area contributed by atoms with Gasteiger partial charge in [0.15, 0.2) is 0 Å². The summed E-state index contributed by atoms with van der Waals surface area (Å²) in [5, 5.41) is 0. The van der Waals surface area contributed by atoms with Gasteiger partial charge in [-0.3, -0.25) is 0 Å². The molecule has 1 N–H and O–H groups in total. The number of sulfonamides is 1. The Hall–Kier alpha value is -2.84. The third-order valence-electron chi connectivity index (χ3n) is 5.47. The predicted octanol–water partition coefficient (Wildman–Crippen LogP) is 4.02. The molecule has 2 unspecified atom stereocenters. The molecule has 0 radical (unpaired) electrons. The van der Waals surface area contributed by atoms with Gasteiger partial charge in [0.05, 0.1) is 19.1 Å². The Morgan fingerprint density at radius 1 is 1.03 bits per heavy atom. The van der Waals surface area contributed by atoms with Gasteiger partial charge in [-0.05, 0) is 47.7 Å². The number of nitrogens with one attached hydrogen (secondary N) is 1. The molecule has 0 bridgehead atoms. The van der Waals surface area contributed by atoms with Crippen molar-refractivity contribution in [3.05, 3.63) is 71.8 Å². The number of rotatable bonds is 9. The number of aryl methyl sites for hydroxylation is 1. The van der Waals surface area contributed by atoms with Crippen LogP contribution in [0.1, 0.15) is 49.2 Å². The molecule has 0 spiro atoms. The first-order valence-electron chi connectivity index (χ1n) is 10.1. The Morgan fingerprint density at radius 2 is 1.65 bits per heavy atom. The molecule has 3 aromatic rings. The second-order valence-corrected chi connectivity index (χ2v) is 9.19. The number of nitrogens with zero attached hydrogens (tertiary/aromatic N) is 2. The maximum atomic E-state index is 13.3. The smallest absolute Gasteiger partial charge is 0.241 e. The molecule has 0 saturated carbocycles. The first kappa shape index (κ1) is 22.8. The largest absolute Gasteiger partial charge is 0.497 e. The number of aromatic nitrogens is 2. The Kier molecular flexibility index (Phi) is 7.02. The molecular formula is C23H29N3O4S. The fraction of sp³-hybridized carbons (Fsp3) is 0.348. The summed E-state index contributed by atoms with van der Waals surface area (Å²) in [5.74, 6) is 2.04. The van der Waals surface area contributed by atoms with E-state index in [1.54, 1.807) is 61.5 Å². The first-order valence-corrected chi connectivity index (χ1v) is 11.6. The van der Waals surface area contributed by atoms with Gasteiger partial charge in [-0.15, -0.1) is 0 Å². The third-order valence-corrected chi connectivity index (χ3v) is 6.91. The average molecular weight is 444 g/mol. The van der Waals surface area contributed by atoms with E-state index in [4.69, 9.17) is 9.47 Å². The van der Waals surface area contributed by atoms with Crippen LogP contribution in [0.4, 0.5) is 0 Å². The van der Waals surface area contributed by atoms with Crippen LogP contribution < -0.4 is 14.2 Å². The number of ether oxygens (including phenoxy) is 2. The fourth-order valence-corrected chi connectivity index (χ4v) is 4.54.